The first kappa shape index (κ1) is 17.7. The highest BCUT2D eigenvalue weighted by Gasteiger charge is 2.24. The topological polar surface area (TPSA) is 104 Å². The molecule has 9 heteroatoms. The third-order valence-electron chi connectivity index (χ3n) is 3.83. The quantitative estimate of drug-likeness (QED) is 0.385. The van der Waals surface area contributed by atoms with Crippen molar-refractivity contribution >= 4 is 33.2 Å². The maximum absolute atomic E-state index is 12.0. The molecule has 0 saturated carbocycles. The molecule has 2 heterocycles. The number of thiophene rings is 1. The number of benzene rings is 1. The fraction of sp³-hybridized carbons (Fsp3) is 0.235. The van der Waals surface area contributed by atoms with E-state index in [2.05, 4.69) is 9.97 Å². The lowest BCUT2D eigenvalue weighted by Gasteiger charge is -2.09. The van der Waals surface area contributed by atoms with Gasteiger partial charge < -0.3 is 9.47 Å². The molecule has 0 fully saturated rings. The highest BCUT2D eigenvalue weighted by molar-refractivity contribution is 7.20. The van der Waals surface area contributed by atoms with Crippen molar-refractivity contribution in [3.05, 3.63) is 50.1 Å². The maximum Gasteiger partial charge on any atom is 0.348 e. The molecule has 0 amide bonds. The maximum atomic E-state index is 12.0. The van der Waals surface area contributed by atoms with Crippen LogP contribution in [-0.2, 0) is 4.74 Å². The van der Waals surface area contributed by atoms with Crippen molar-refractivity contribution in [2.24, 2.45) is 0 Å². The molecule has 0 bridgehead atoms. The van der Waals surface area contributed by atoms with Crippen LogP contribution < -0.4 is 4.74 Å². The number of methoxy groups -OCH3 is 1. The van der Waals surface area contributed by atoms with Crippen LogP contribution in [-0.4, -0.2) is 28.0 Å². The molecule has 0 aliphatic carbocycles. The summed E-state index contributed by atoms with van der Waals surface area (Å²) in [5, 5.41) is 11.9. The first-order chi connectivity index (χ1) is 12.3. The third kappa shape index (κ3) is 2.97. The lowest BCUT2D eigenvalue weighted by molar-refractivity contribution is -0.386. The third-order valence-corrected chi connectivity index (χ3v) is 5.00. The minimum Gasteiger partial charge on any atom is -0.465 e. The zero-order valence-corrected chi connectivity index (χ0v) is 15.3. The van der Waals surface area contributed by atoms with Crippen molar-refractivity contribution in [3.63, 3.8) is 0 Å². The molecule has 134 valence electrons. The number of aryl methyl sites for hydroxylation is 3. The summed E-state index contributed by atoms with van der Waals surface area (Å²) in [7, 11) is 1.30. The number of ether oxygens (including phenoxy) is 2. The summed E-state index contributed by atoms with van der Waals surface area (Å²) in [6, 6.07) is 4.82. The molecule has 0 radical (unpaired) electrons. The molecular formula is C17H15N3O5S. The van der Waals surface area contributed by atoms with Crippen LogP contribution in [0.1, 0.15) is 26.6 Å². The van der Waals surface area contributed by atoms with Gasteiger partial charge >= 0.3 is 11.7 Å². The average molecular weight is 373 g/mol. The number of hydrogen-bond donors (Lipinski definition) is 0. The molecule has 0 aliphatic rings. The van der Waals surface area contributed by atoms with Crippen LogP contribution >= 0.6 is 11.3 Å². The highest BCUT2D eigenvalue weighted by Crippen LogP contribution is 2.39. The van der Waals surface area contributed by atoms with Gasteiger partial charge in [0.15, 0.2) is 0 Å². The van der Waals surface area contributed by atoms with E-state index in [0.29, 0.717) is 32.0 Å². The van der Waals surface area contributed by atoms with E-state index in [4.69, 9.17) is 9.47 Å². The van der Waals surface area contributed by atoms with Gasteiger partial charge in [-0.25, -0.2) is 9.78 Å². The van der Waals surface area contributed by atoms with E-state index >= 15 is 0 Å². The molecule has 0 aliphatic heterocycles. The number of rotatable bonds is 4. The number of carbonyl (C=O) groups is 1. The first-order valence-corrected chi connectivity index (χ1v) is 8.43. The van der Waals surface area contributed by atoms with Gasteiger partial charge in [-0.2, -0.15) is 4.98 Å². The van der Waals surface area contributed by atoms with Crippen LogP contribution in [0.25, 0.3) is 10.2 Å². The van der Waals surface area contributed by atoms with Crippen LogP contribution in [0.4, 0.5) is 5.69 Å². The monoisotopic (exact) mass is 373 g/mol. The molecule has 2 aromatic heterocycles. The molecule has 0 N–H and O–H groups in total. The fourth-order valence-corrected chi connectivity index (χ4v) is 3.75. The molecule has 8 nitrogen and oxygen atoms in total. The van der Waals surface area contributed by atoms with Gasteiger partial charge in [-0.3, -0.25) is 10.1 Å². The Balaban J connectivity index is 2.21. The van der Waals surface area contributed by atoms with Gasteiger partial charge in [0.1, 0.15) is 15.5 Å². The van der Waals surface area contributed by atoms with E-state index in [1.54, 1.807) is 32.9 Å². The molecule has 1 aromatic carbocycles. The molecule has 0 saturated heterocycles. The Kier molecular flexibility index (Phi) is 4.56. The van der Waals surface area contributed by atoms with Crippen LogP contribution in [0.5, 0.6) is 11.6 Å². The van der Waals surface area contributed by atoms with E-state index in [9.17, 15) is 14.9 Å². The summed E-state index contributed by atoms with van der Waals surface area (Å²) < 4.78 is 10.6. The number of fused-ring (bicyclic) bond motifs is 1. The van der Waals surface area contributed by atoms with Crippen LogP contribution in [0.3, 0.4) is 0 Å². The summed E-state index contributed by atoms with van der Waals surface area (Å²) in [4.78, 5) is 32.4. The Labute approximate surface area is 152 Å². The van der Waals surface area contributed by atoms with E-state index in [-0.39, 0.29) is 17.3 Å². The number of nitro groups is 1. The van der Waals surface area contributed by atoms with Crippen LogP contribution in [0.15, 0.2) is 18.2 Å². The zero-order chi connectivity index (χ0) is 19.0. The number of para-hydroxylation sites is 1. The minimum atomic E-state index is -0.490. The van der Waals surface area contributed by atoms with Gasteiger partial charge in [0.2, 0.25) is 11.6 Å². The van der Waals surface area contributed by atoms with Crippen molar-refractivity contribution < 1.29 is 19.2 Å². The summed E-state index contributed by atoms with van der Waals surface area (Å²) in [5.74, 6) is 0.209. The minimum absolute atomic E-state index is 0.0830. The number of carbonyl (C=O) groups excluding carboxylic acids is 1. The summed E-state index contributed by atoms with van der Waals surface area (Å²) >= 11 is 1.17. The Morgan fingerprint density at radius 2 is 1.96 bits per heavy atom. The Morgan fingerprint density at radius 1 is 1.23 bits per heavy atom. The lowest BCUT2D eigenvalue weighted by atomic mass is 10.2. The number of esters is 1. The predicted molar refractivity (Wildman–Crippen MR) is 96.1 cm³/mol. The molecule has 3 rings (SSSR count). The normalized spacial score (nSPS) is 10.8. The standard InChI is InChI=1S/C17H15N3O5S/c1-8-6-5-7-11(13(8)20(22)23)25-15-12-9(2)14(17(21)24-4)26-16(12)19-10(3)18-15/h5-7H,1-4H3. The van der Waals surface area contributed by atoms with Gasteiger partial charge in [-0.15, -0.1) is 11.3 Å². The summed E-state index contributed by atoms with van der Waals surface area (Å²) in [6.07, 6.45) is 0. The Bertz CT molecular complexity index is 1040. The number of nitrogens with zero attached hydrogens (tertiary/aromatic N) is 3. The zero-order valence-electron chi connectivity index (χ0n) is 14.5. The van der Waals surface area contributed by atoms with Crippen molar-refractivity contribution in [1.82, 2.24) is 9.97 Å². The fourth-order valence-electron chi connectivity index (χ4n) is 2.62. The predicted octanol–water partition coefficient (Wildman–Crippen LogP) is 4.10. The van der Waals surface area contributed by atoms with Gasteiger partial charge in [-0.1, -0.05) is 12.1 Å². The van der Waals surface area contributed by atoms with Gasteiger partial charge in [0.25, 0.3) is 0 Å². The number of hydrogen-bond acceptors (Lipinski definition) is 8. The second-order valence-corrected chi connectivity index (χ2v) is 6.58. The van der Waals surface area contributed by atoms with Crippen molar-refractivity contribution in [2.45, 2.75) is 20.8 Å². The molecular weight excluding hydrogens is 358 g/mol. The van der Waals surface area contributed by atoms with Gasteiger partial charge in [-0.05, 0) is 32.4 Å². The van der Waals surface area contributed by atoms with Crippen LogP contribution in [0, 0.1) is 30.9 Å². The first-order valence-electron chi connectivity index (χ1n) is 7.61. The Hall–Kier alpha value is -3.07. The van der Waals surface area contributed by atoms with Gasteiger partial charge in [0, 0.05) is 5.56 Å². The SMILES string of the molecule is COC(=O)c1sc2nc(C)nc(Oc3cccc(C)c3[N+](=O)[O-])c2c1C. The van der Waals surface area contributed by atoms with Crippen molar-refractivity contribution in [2.75, 3.05) is 7.11 Å². The number of aromatic nitrogens is 2. The Morgan fingerprint density at radius 3 is 2.62 bits per heavy atom. The summed E-state index contributed by atoms with van der Waals surface area (Å²) in [6.45, 7) is 5.06. The number of nitro benzene ring substituents is 1. The molecule has 0 unspecified atom stereocenters. The lowest BCUT2D eigenvalue weighted by Crippen LogP contribution is -2.00. The largest absolute Gasteiger partial charge is 0.465 e. The molecule has 0 atom stereocenters. The summed E-state index contributed by atoms with van der Waals surface area (Å²) in [5.41, 5.74) is 0.965. The van der Waals surface area contributed by atoms with Crippen molar-refractivity contribution in [3.8, 4) is 11.6 Å². The second-order valence-electron chi connectivity index (χ2n) is 5.58. The van der Waals surface area contributed by atoms with E-state index in [1.165, 1.54) is 24.5 Å². The van der Waals surface area contributed by atoms with Crippen molar-refractivity contribution in [1.29, 1.82) is 0 Å². The van der Waals surface area contributed by atoms with E-state index < -0.39 is 10.9 Å². The van der Waals surface area contributed by atoms with Crippen LogP contribution in [0.2, 0.25) is 0 Å². The van der Waals surface area contributed by atoms with E-state index in [1.807, 2.05) is 0 Å². The molecule has 26 heavy (non-hydrogen) atoms. The van der Waals surface area contributed by atoms with E-state index in [0.717, 1.165) is 0 Å². The molecule has 0 spiro atoms. The average Bonchev–Trinajstić information content (AvgIpc) is 2.90. The van der Waals surface area contributed by atoms with Gasteiger partial charge in [0.05, 0.1) is 17.4 Å². The second kappa shape index (κ2) is 6.68. The smallest absolute Gasteiger partial charge is 0.348 e. The highest BCUT2D eigenvalue weighted by atomic mass is 32.1. The molecule has 3 aromatic rings.